The Kier molecular flexibility index (Phi) is 10.5. The van der Waals surface area contributed by atoms with Crippen LogP contribution in [0.2, 0.25) is 0 Å². The van der Waals surface area contributed by atoms with Gasteiger partial charge in [0.2, 0.25) is 0 Å². The van der Waals surface area contributed by atoms with Gasteiger partial charge in [0.25, 0.3) is 15.9 Å². The van der Waals surface area contributed by atoms with Crippen LogP contribution < -0.4 is 23.9 Å². The van der Waals surface area contributed by atoms with Crippen LogP contribution in [0.5, 0.6) is 17.2 Å². The molecule has 0 unspecified atom stereocenters. The average Bonchev–Trinajstić information content (AvgIpc) is 2.92. The molecule has 0 aliphatic rings. The molecule has 38 heavy (non-hydrogen) atoms. The van der Waals surface area contributed by atoms with Gasteiger partial charge in [-0.2, -0.15) is 5.10 Å². The molecule has 0 aliphatic heterocycles. The van der Waals surface area contributed by atoms with Crippen molar-refractivity contribution in [2.24, 2.45) is 5.10 Å². The summed E-state index contributed by atoms with van der Waals surface area (Å²) in [6, 6.07) is 19.8. The molecule has 0 bridgehead atoms. The van der Waals surface area contributed by atoms with Crippen LogP contribution in [0, 0.1) is 0 Å². The monoisotopic (exact) mass is 539 g/mol. The number of benzene rings is 3. The van der Waals surface area contributed by atoms with Crippen LogP contribution >= 0.6 is 0 Å². The number of carbonyl (C=O) groups is 1. The third-order valence-corrected chi connectivity index (χ3v) is 6.97. The van der Waals surface area contributed by atoms with E-state index in [-0.39, 0.29) is 4.90 Å². The van der Waals surface area contributed by atoms with E-state index in [4.69, 9.17) is 14.2 Å². The van der Waals surface area contributed by atoms with E-state index >= 15 is 0 Å². The molecular formula is C28H33N3O6S. The van der Waals surface area contributed by atoms with E-state index in [1.54, 1.807) is 60.7 Å². The van der Waals surface area contributed by atoms with E-state index in [9.17, 15) is 13.2 Å². The zero-order chi connectivity index (χ0) is 27.4. The largest absolute Gasteiger partial charge is 0.494 e. The summed E-state index contributed by atoms with van der Waals surface area (Å²) in [4.78, 5) is 12.8. The van der Waals surface area contributed by atoms with Crippen LogP contribution in [0.3, 0.4) is 0 Å². The van der Waals surface area contributed by atoms with E-state index in [2.05, 4.69) is 10.5 Å². The summed E-state index contributed by atoms with van der Waals surface area (Å²) < 4.78 is 44.8. The molecule has 0 saturated carbocycles. The topological polar surface area (TPSA) is 107 Å². The second-order valence-electron chi connectivity index (χ2n) is 8.03. The Hall–Kier alpha value is -4.05. The molecular weight excluding hydrogens is 506 g/mol. The average molecular weight is 540 g/mol. The standard InChI is InChI=1S/C28H33N3O6S/c1-4-18-37-26-17-12-22(19-27(26)36-6-3)20-29-30-28(32)21-31(23-10-8-7-9-11-23)38(33,34)25-15-13-24(14-16-25)35-5-2/h7-17,19-20H,4-6,18,21H2,1-3H3,(H,30,32)/b29-20+. The molecule has 0 aromatic heterocycles. The molecule has 9 nitrogen and oxygen atoms in total. The Morgan fingerprint density at radius 1 is 0.895 bits per heavy atom. The van der Waals surface area contributed by atoms with Crippen molar-refractivity contribution in [3.8, 4) is 17.2 Å². The number of nitrogens with zero attached hydrogens (tertiary/aromatic N) is 2. The third-order valence-electron chi connectivity index (χ3n) is 5.19. The van der Waals surface area contributed by atoms with E-state index in [0.717, 1.165) is 10.7 Å². The first-order valence-electron chi connectivity index (χ1n) is 12.4. The molecule has 0 aliphatic carbocycles. The summed E-state index contributed by atoms with van der Waals surface area (Å²) in [6.45, 7) is 6.78. The van der Waals surface area contributed by atoms with Crippen molar-refractivity contribution < 1.29 is 27.4 Å². The molecule has 0 heterocycles. The highest BCUT2D eigenvalue weighted by Gasteiger charge is 2.27. The number of hydrogen-bond acceptors (Lipinski definition) is 7. The van der Waals surface area contributed by atoms with Gasteiger partial charge < -0.3 is 14.2 Å². The first-order chi connectivity index (χ1) is 18.4. The first kappa shape index (κ1) is 28.5. The zero-order valence-corrected chi connectivity index (χ0v) is 22.6. The molecule has 202 valence electrons. The fourth-order valence-corrected chi connectivity index (χ4v) is 4.88. The molecule has 0 spiro atoms. The number of nitrogens with one attached hydrogen (secondary N) is 1. The second kappa shape index (κ2) is 14.0. The molecule has 1 N–H and O–H groups in total. The maximum absolute atomic E-state index is 13.5. The van der Waals surface area contributed by atoms with Crippen molar-refractivity contribution in [2.45, 2.75) is 32.1 Å². The molecule has 1 amide bonds. The summed E-state index contributed by atoms with van der Waals surface area (Å²) in [5.41, 5.74) is 3.45. The molecule has 0 radical (unpaired) electrons. The summed E-state index contributed by atoms with van der Waals surface area (Å²) in [6.07, 6.45) is 2.33. The van der Waals surface area contributed by atoms with Crippen molar-refractivity contribution in [1.82, 2.24) is 5.43 Å². The third kappa shape index (κ3) is 7.72. The number of hydrogen-bond donors (Lipinski definition) is 1. The number of anilines is 1. The lowest BCUT2D eigenvalue weighted by Gasteiger charge is -2.23. The minimum atomic E-state index is -4.05. The predicted octanol–water partition coefficient (Wildman–Crippen LogP) is 4.62. The van der Waals surface area contributed by atoms with Gasteiger partial charge in [0.15, 0.2) is 11.5 Å². The summed E-state index contributed by atoms with van der Waals surface area (Å²) in [5.74, 6) is 1.16. The Labute approximate surface area is 224 Å². The van der Waals surface area contributed by atoms with Gasteiger partial charge in [-0.25, -0.2) is 13.8 Å². The van der Waals surface area contributed by atoms with Crippen LogP contribution in [0.1, 0.15) is 32.8 Å². The van der Waals surface area contributed by atoms with Gasteiger partial charge in [0.1, 0.15) is 12.3 Å². The number of amides is 1. The van der Waals surface area contributed by atoms with Crippen molar-refractivity contribution >= 4 is 27.8 Å². The number of rotatable bonds is 14. The molecule has 0 atom stereocenters. The number of carbonyl (C=O) groups excluding carboxylic acids is 1. The quantitative estimate of drug-likeness (QED) is 0.237. The highest BCUT2D eigenvalue weighted by Crippen LogP contribution is 2.28. The number of hydrazone groups is 1. The molecule has 0 fully saturated rings. The van der Waals surface area contributed by atoms with E-state index < -0.39 is 22.5 Å². The lowest BCUT2D eigenvalue weighted by molar-refractivity contribution is -0.119. The van der Waals surface area contributed by atoms with Gasteiger partial charge in [-0.15, -0.1) is 0 Å². The second-order valence-corrected chi connectivity index (χ2v) is 9.89. The Morgan fingerprint density at radius 3 is 2.26 bits per heavy atom. The van der Waals surface area contributed by atoms with Crippen LogP contribution in [-0.2, 0) is 14.8 Å². The van der Waals surface area contributed by atoms with Gasteiger partial charge in [-0.1, -0.05) is 25.1 Å². The molecule has 3 aromatic rings. The van der Waals surface area contributed by atoms with Crippen LogP contribution in [0.25, 0.3) is 0 Å². The van der Waals surface area contributed by atoms with Gasteiger partial charge in [0, 0.05) is 0 Å². The van der Waals surface area contributed by atoms with E-state index in [1.807, 2.05) is 20.8 Å². The van der Waals surface area contributed by atoms with Gasteiger partial charge >= 0.3 is 0 Å². The number of sulfonamides is 1. The minimum Gasteiger partial charge on any atom is -0.494 e. The van der Waals surface area contributed by atoms with Crippen molar-refractivity contribution in [2.75, 3.05) is 30.7 Å². The zero-order valence-electron chi connectivity index (χ0n) is 21.8. The molecule has 3 rings (SSSR count). The van der Waals surface area contributed by atoms with Gasteiger partial charge in [-0.3, -0.25) is 9.10 Å². The number of ether oxygens (including phenoxy) is 3. The SMILES string of the molecule is CCCOc1ccc(/C=N/NC(=O)CN(c2ccccc2)S(=O)(=O)c2ccc(OCC)cc2)cc1OCC. The fourth-order valence-electron chi connectivity index (χ4n) is 3.46. The molecule has 0 saturated heterocycles. The summed E-state index contributed by atoms with van der Waals surface area (Å²) in [7, 11) is -4.05. The van der Waals surface area contributed by atoms with Crippen molar-refractivity contribution in [1.29, 1.82) is 0 Å². The highest BCUT2D eigenvalue weighted by molar-refractivity contribution is 7.92. The maximum atomic E-state index is 13.5. The van der Waals surface area contributed by atoms with Crippen LogP contribution in [-0.4, -0.2) is 46.9 Å². The maximum Gasteiger partial charge on any atom is 0.264 e. The van der Waals surface area contributed by atoms with Gasteiger partial charge in [0.05, 0.1) is 36.6 Å². The Bertz CT molecular complexity index is 1310. The van der Waals surface area contributed by atoms with E-state index in [0.29, 0.717) is 48.3 Å². The lowest BCUT2D eigenvalue weighted by Crippen LogP contribution is -2.39. The van der Waals surface area contributed by atoms with Crippen LogP contribution in [0.15, 0.2) is 82.8 Å². The highest BCUT2D eigenvalue weighted by atomic mass is 32.2. The van der Waals surface area contributed by atoms with E-state index in [1.165, 1.54) is 18.3 Å². The first-order valence-corrected chi connectivity index (χ1v) is 13.8. The van der Waals surface area contributed by atoms with Crippen LogP contribution in [0.4, 0.5) is 5.69 Å². The normalized spacial score (nSPS) is 11.2. The number of para-hydroxylation sites is 1. The molecule has 3 aromatic carbocycles. The Balaban J connectivity index is 1.76. The molecule has 10 heteroatoms. The van der Waals surface area contributed by atoms with Crippen molar-refractivity contribution in [3.05, 3.63) is 78.4 Å². The minimum absolute atomic E-state index is 0.0370. The smallest absolute Gasteiger partial charge is 0.264 e. The fraction of sp³-hybridized carbons (Fsp3) is 0.286. The summed E-state index contributed by atoms with van der Waals surface area (Å²) >= 11 is 0. The summed E-state index contributed by atoms with van der Waals surface area (Å²) in [5, 5.41) is 4.01. The predicted molar refractivity (Wildman–Crippen MR) is 148 cm³/mol. The van der Waals surface area contributed by atoms with Crippen molar-refractivity contribution in [3.63, 3.8) is 0 Å². The van der Waals surface area contributed by atoms with Gasteiger partial charge in [-0.05, 0) is 80.4 Å². The Morgan fingerprint density at radius 2 is 1.61 bits per heavy atom. The lowest BCUT2D eigenvalue weighted by atomic mass is 10.2.